The first kappa shape index (κ1) is 9.73. The van der Waals surface area contributed by atoms with Crippen LogP contribution < -0.4 is 0 Å². The smallest absolute Gasteiger partial charge is 0.347 e. The molecule has 4 nitrogen and oxygen atoms in total. The quantitative estimate of drug-likeness (QED) is 0.468. The van der Waals surface area contributed by atoms with Crippen LogP contribution in [0.5, 0.6) is 0 Å². The lowest BCUT2D eigenvalue weighted by molar-refractivity contribution is 0.618. The van der Waals surface area contributed by atoms with E-state index in [1.54, 1.807) is 6.20 Å². The zero-order valence-electron chi connectivity index (χ0n) is 7.63. The van der Waals surface area contributed by atoms with Crippen molar-refractivity contribution in [3.63, 3.8) is 0 Å². The number of nitrogens with zero attached hydrogens (tertiary/aromatic N) is 1. The van der Waals surface area contributed by atoms with Gasteiger partial charge in [-0.05, 0) is 25.5 Å². The van der Waals surface area contributed by atoms with Crippen LogP contribution in [0.3, 0.4) is 0 Å². The lowest BCUT2D eigenvalue weighted by Crippen LogP contribution is -2.03. The van der Waals surface area contributed by atoms with Crippen LogP contribution in [0.2, 0.25) is 0 Å². The van der Waals surface area contributed by atoms with E-state index in [1.165, 1.54) is 6.08 Å². The van der Waals surface area contributed by atoms with Crippen LogP contribution in [0.1, 0.15) is 18.4 Å². The Balaban J connectivity index is 2.84. The van der Waals surface area contributed by atoms with Gasteiger partial charge in [0.1, 0.15) is 5.82 Å². The maximum Gasteiger partial charge on any atom is 0.347 e. The van der Waals surface area contributed by atoms with E-state index >= 15 is 0 Å². The van der Waals surface area contributed by atoms with Gasteiger partial charge in [-0.1, -0.05) is 0 Å². The fraction of sp³-hybridized carbons (Fsp3) is 0.250. The summed E-state index contributed by atoms with van der Waals surface area (Å²) in [6, 6.07) is 0. The van der Waals surface area contributed by atoms with Crippen molar-refractivity contribution < 1.29 is 5.02 Å². The molecule has 1 heterocycles. The van der Waals surface area contributed by atoms with Gasteiger partial charge in [0.2, 0.25) is 0 Å². The van der Waals surface area contributed by atoms with Crippen molar-refractivity contribution in [2.45, 2.75) is 13.8 Å². The number of nitrogens with one attached hydrogen (secondary N) is 2. The van der Waals surface area contributed by atoms with Crippen LogP contribution in [0.25, 0.3) is 5.57 Å². The standard InChI is InChI=1S/C8H11BN3O/c1-5(3-7(10)9-13)8-11-4-6(2)12-8/h3-4,10,13H,1-2H3,(H,11,12)/b5-3-,10-7?. The average molecular weight is 176 g/mol. The van der Waals surface area contributed by atoms with Crippen LogP contribution in [0, 0.1) is 12.3 Å². The highest BCUT2D eigenvalue weighted by Gasteiger charge is 2.01. The number of rotatable bonds is 3. The van der Waals surface area contributed by atoms with Gasteiger partial charge in [0.15, 0.2) is 0 Å². The first-order valence-corrected chi connectivity index (χ1v) is 3.89. The van der Waals surface area contributed by atoms with Gasteiger partial charge in [-0.15, -0.1) is 0 Å². The van der Waals surface area contributed by atoms with Gasteiger partial charge < -0.3 is 15.4 Å². The monoisotopic (exact) mass is 176 g/mol. The SMILES string of the molecule is C/C(=C/C(=N)[B]O)c1ncc(C)[nH]1. The lowest BCUT2D eigenvalue weighted by Gasteiger charge is -1.95. The number of aromatic amines is 1. The molecule has 3 N–H and O–H groups in total. The molecule has 1 aromatic heterocycles. The Morgan fingerprint density at radius 2 is 2.46 bits per heavy atom. The summed E-state index contributed by atoms with van der Waals surface area (Å²) in [7, 11) is 0.749. The second-order valence-electron chi connectivity index (χ2n) is 2.83. The van der Waals surface area contributed by atoms with Crippen molar-refractivity contribution in [1.29, 1.82) is 5.41 Å². The molecule has 13 heavy (non-hydrogen) atoms. The molecule has 0 aromatic carbocycles. The summed E-state index contributed by atoms with van der Waals surface area (Å²) < 4.78 is 0. The third-order valence-electron chi connectivity index (χ3n) is 1.59. The van der Waals surface area contributed by atoms with Gasteiger partial charge in [0.25, 0.3) is 0 Å². The molecule has 0 amide bonds. The van der Waals surface area contributed by atoms with Crippen molar-refractivity contribution in [2.75, 3.05) is 0 Å². The molecule has 1 aromatic rings. The van der Waals surface area contributed by atoms with E-state index in [4.69, 9.17) is 10.4 Å². The van der Waals surface area contributed by atoms with Crippen LogP contribution in [-0.4, -0.2) is 28.1 Å². The van der Waals surface area contributed by atoms with E-state index in [1.807, 2.05) is 13.8 Å². The minimum atomic E-state index is 0.0616. The molecule has 5 heteroatoms. The predicted octanol–water partition coefficient (Wildman–Crippen LogP) is 0.710. The van der Waals surface area contributed by atoms with Gasteiger partial charge >= 0.3 is 7.48 Å². The molecule has 0 aliphatic carbocycles. The number of hydrogen-bond donors (Lipinski definition) is 3. The minimum Gasteiger partial charge on any atom is -0.449 e. The second-order valence-corrected chi connectivity index (χ2v) is 2.83. The fourth-order valence-electron chi connectivity index (χ4n) is 0.952. The van der Waals surface area contributed by atoms with E-state index in [0.717, 1.165) is 24.6 Å². The number of hydrogen-bond acceptors (Lipinski definition) is 3. The highest BCUT2D eigenvalue weighted by molar-refractivity contribution is 6.72. The van der Waals surface area contributed by atoms with Gasteiger partial charge in [0, 0.05) is 17.5 Å². The molecule has 1 rings (SSSR count). The zero-order valence-corrected chi connectivity index (χ0v) is 7.63. The molecule has 0 bridgehead atoms. The Labute approximate surface area is 77.5 Å². The summed E-state index contributed by atoms with van der Waals surface area (Å²) in [5.41, 5.74) is 1.86. The second kappa shape index (κ2) is 4.05. The van der Waals surface area contributed by atoms with Crippen molar-refractivity contribution in [3.05, 3.63) is 23.8 Å². The minimum absolute atomic E-state index is 0.0616. The molecule has 0 aliphatic heterocycles. The fourth-order valence-corrected chi connectivity index (χ4v) is 0.952. The third kappa shape index (κ3) is 2.56. The molecule has 0 spiro atoms. The molecule has 0 fully saturated rings. The lowest BCUT2D eigenvalue weighted by atomic mass is 9.91. The Morgan fingerprint density at radius 3 is 2.92 bits per heavy atom. The molecule has 0 aliphatic rings. The number of aromatic nitrogens is 2. The Kier molecular flexibility index (Phi) is 3.03. The van der Waals surface area contributed by atoms with Crippen LogP contribution in [0.4, 0.5) is 0 Å². The molecule has 0 unspecified atom stereocenters. The van der Waals surface area contributed by atoms with E-state index in [-0.39, 0.29) is 5.61 Å². The zero-order chi connectivity index (χ0) is 9.84. The summed E-state index contributed by atoms with van der Waals surface area (Å²) in [5, 5.41) is 15.7. The average Bonchev–Trinajstić information content (AvgIpc) is 2.51. The molecule has 0 saturated heterocycles. The Hall–Kier alpha value is -1.36. The highest BCUT2D eigenvalue weighted by atomic mass is 16.2. The van der Waals surface area contributed by atoms with Gasteiger partial charge in [-0.3, -0.25) is 0 Å². The number of imidazole rings is 1. The largest absolute Gasteiger partial charge is 0.449 e. The highest BCUT2D eigenvalue weighted by Crippen LogP contribution is 2.08. The number of allylic oxidation sites excluding steroid dienone is 2. The predicted molar refractivity (Wildman–Crippen MR) is 52.7 cm³/mol. The van der Waals surface area contributed by atoms with E-state index in [9.17, 15) is 0 Å². The summed E-state index contributed by atoms with van der Waals surface area (Å²) in [6.45, 7) is 3.74. The first-order chi connectivity index (χ1) is 6.13. The topological polar surface area (TPSA) is 72.8 Å². The summed E-state index contributed by atoms with van der Waals surface area (Å²) in [4.78, 5) is 7.12. The summed E-state index contributed by atoms with van der Waals surface area (Å²) in [6.07, 6.45) is 3.26. The Bertz CT molecular complexity index is 343. The maximum absolute atomic E-state index is 8.51. The molecular weight excluding hydrogens is 165 g/mol. The van der Waals surface area contributed by atoms with Crippen LogP contribution in [-0.2, 0) is 0 Å². The van der Waals surface area contributed by atoms with Gasteiger partial charge in [0.05, 0.1) is 0 Å². The van der Waals surface area contributed by atoms with E-state index < -0.39 is 0 Å². The van der Waals surface area contributed by atoms with Crippen molar-refractivity contribution in [2.24, 2.45) is 0 Å². The van der Waals surface area contributed by atoms with Crippen molar-refractivity contribution >= 4 is 18.7 Å². The van der Waals surface area contributed by atoms with Gasteiger partial charge in [-0.2, -0.15) is 0 Å². The first-order valence-electron chi connectivity index (χ1n) is 3.89. The number of aryl methyl sites for hydroxylation is 1. The van der Waals surface area contributed by atoms with Crippen LogP contribution >= 0.6 is 0 Å². The Morgan fingerprint density at radius 1 is 1.77 bits per heavy atom. The van der Waals surface area contributed by atoms with Crippen LogP contribution in [0.15, 0.2) is 12.3 Å². The molecule has 0 atom stereocenters. The maximum atomic E-state index is 8.51. The normalized spacial score (nSPS) is 11.5. The third-order valence-corrected chi connectivity index (χ3v) is 1.59. The molecule has 1 radical (unpaired) electrons. The molecule has 0 saturated carbocycles. The van der Waals surface area contributed by atoms with E-state index in [2.05, 4.69) is 9.97 Å². The van der Waals surface area contributed by atoms with Crippen molar-refractivity contribution in [1.82, 2.24) is 9.97 Å². The van der Waals surface area contributed by atoms with E-state index in [0.29, 0.717) is 0 Å². The molecule has 67 valence electrons. The number of H-pyrrole nitrogens is 1. The van der Waals surface area contributed by atoms with Gasteiger partial charge in [-0.25, -0.2) is 4.98 Å². The van der Waals surface area contributed by atoms with Crippen molar-refractivity contribution in [3.8, 4) is 0 Å². The molecular formula is C8H11BN3O. The summed E-state index contributed by atoms with van der Waals surface area (Å²) >= 11 is 0. The summed E-state index contributed by atoms with van der Waals surface area (Å²) in [5.74, 6) is 0.726.